The van der Waals surface area contributed by atoms with Crippen molar-refractivity contribution in [2.45, 2.75) is 45.9 Å². The third-order valence-electron chi connectivity index (χ3n) is 7.22. The second-order valence-corrected chi connectivity index (χ2v) is 13.7. The highest BCUT2D eigenvalue weighted by atomic mass is 35.5. The van der Waals surface area contributed by atoms with Gasteiger partial charge in [-0.25, -0.2) is 13.4 Å². The van der Waals surface area contributed by atoms with Crippen LogP contribution in [0.2, 0.25) is 5.02 Å². The van der Waals surface area contributed by atoms with Crippen LogP contribution in [0.4, 0.5) is 5.13 Å². The van der Waals surface area contributed by atoms with Crippen LogP contribution in [0, 0.1) is 18.8 Å². The van der Waals surface area contributed by atoms with Crippen molar-refractivity contribution in [3.63, 3.8) is 0 Å². The molecule has 0 N–H and O–H groups in total. The number of aromatic nitrogens is 1. The van der Waals surface area contributed by atoms with Gasteiger partial charge in [-0.1, -0.05) is 50.6 Å². The standard InChI is InChI=1S/C28H37ClN4O3S2/c1-6-31(7-2)12-13-33(28-30-26-21(5)15-23(29)16-25(26)37-28)27(34)22-8-10-24(11-9-22)38(35,36)32-17-19(3)14-20(4)18-32/h8-11,15-16,19-20H,6-7,12-14,17-18H2,1-5H3. The number of amides is 1. The van der Waals surface area contributed by atoms with Crippen molar-refractivity contribution in [1.82, 2.24) is 14.2 Å². The van der Waals surface area contributed by atoms with Gasteiger partial charge in [-0.3, -0.25) is 9.69 Å². The molecule has 2 atom stereocenters. The molecule has 1 saturated heterocycles. The summed E-state index contributed by atoms with van der Waals surface area (Å²) in [5, 5.41) is 1.25. The molecule has 1 amide bonds. The molecule has 2 unspecified atom stereocenters. The third-order valence-corrected chi connectivity index (χ3v) is 10.3. The Kier molecular flexibility index (Phi) is 9.15. The van der Waals surface area contributed by atoms with Crippen molar-refractivity contribution in [3.05, 3.63) is 52.5 Å². The van der Waals surface area contributed by atoms with E-state index in [4.69, 9.17) is 16.6 Å². The van der Waals surface area contributed by atoms with Crippen molar-refractivity contribution in [1.29, 1.82) is 0 Å². The highest BCUT2D eigenvalue weighted by molar-refractivity contribution is 7.89. The molecular weight excluding hydrogens is 540 g/mol. The fourth-order valence-corrected chi connectivity index (χ4v) is 8.32. The predicted molar refractivity (Wildman–Crippen MR) is 157 cm³/mol. The predicted octanol–water partition coefficient (Wildman–Crippen LogP) is 5.91. The normalized spacial score (nSPS) is 18.8. The van der Waals surface area contributed by atoms with E-state index < -0.39 is 10.0 Å². The summed E-state index contributed by atoms with van der Waals surface area (Å²) in [5.74, 6) is 0.436. The molecule has 1 aliphatic rings. The number of hydrogen-bond donors (Lipinski definition) is 0. The van der Waals surface area contributed by atoms with Crippen LogP contribution in [0.3, 0.4) is 0 Å². The Morgan fingerprint density at radius 1 is 1.08 bits per heavy atom. The SMILES string of the molecule is CCN(CC)CCN(C(=O)c1ccc(S(=O)(=O)N2CC(C)CC(C)C2)cc1)c1nc2c(C)cc(Cl)cc2s1. The molecule has 206 valence electrons. The third kappa shape index (κ3) is 6.23. The number of nitrogens with zero attached hydrogens (tertiary/aromatic N) is 4. The Hall–Kier alpha value is -2.04. The topological polar surface area (TPSA) is 73.8 Å². The first kappa shape index (κ1) is 29.0. The Labute approximate surface area is 235 Å². The quantitative estimate of drug-likeness (QED) is 0.316. The lowest BCUT2D eigenvalue weighted by Gasteiger charge is -2.34. The lowest BCUT2D eigenvalue weighted by molar-refractivity contribution is 0.0983. The molecule has 3 aromatic rings. The van der Waals surface area contributed by atoms with Crippen LogP contribution >= 0.6 is 22.9 Å². The van der Waals surface area contributed by atoms with Gasteiger partial charge in [0, 0.05) is 36.8 Å². The van der Waals surface area contributed by atoms with Gasteiger partial charge in [0.25, 0.3) is 5.91 Å². The van der Waals surface area contributed by atoms with Crippen LogP contribution in [-0.2, 0) is 10.0 Å². The van der Waals surface area contributed by atoms with E-state index in [0.717, 1.165) is 35.3 Å². The van der Waals surface area contributed by atoms with E-state index in [1.165, 1.54) is 11.3 Å². The first-order chi connectivity index (χ1) is 18.0. The van der Waals surface area contributed by atoms with Gasteiger partial charge in [0.2, 0.25) is 10.0 Å². The van der Waals surface area contributed by atoms with Gasteiger partial charge >= 0.3 is 0 Å². The average molecular weight is 577 g/mol. The number of carbonyl (C=O) groups is 1. The number of hydrogen-bond acceptors (Lipinski definition) is 6. The van der Waals surface area contributed by atoms with E-state index in [1.54, 1.807) is 33.5 Å². The number of anilines is 1. The van der Waals surface area contributed by atoms with Crippen LogP contribution in [-0.4, -0.2) is 67.8 Å². The zero-order valence-electron chi connectivity index (χ0n) is 22.8. The minimum absolute atomic E-state index is 0.205. The van der Waals surface area contributed by atoms with Gasteiger partial charge in [0.15, 0.2) is 5.13 Å². The maximum absolute atomic E-state index is 13.8. The monoisotopic (exact) mass is 576 g/mol. The summed E-state index contributed by atoms with van der Waals surface area (Å²) in [6.07, 6.45) is 1.03. The smallest absolute Gasteiger partial charge is 0.260 e. The second-order valence-electron chi connectivity index (χ2n) is 10.3. The van der Waals surface area contributed by atoms with Crippen molar-refractivity contribution in [2.24, 2.45) is 11.8 Å². The number of carbonyl (C=O) groups excluding carboxylic acids is 1. The first-order valence-corrected chi connectivity index (χ1v) is 15.9. The van der Waals surface area contributed by atoms with Gasteiger partial charge < -0.3 is 4.90 Å². The summed E-state index contributed by atoms with van der Waals surface area (Å²) < 4.78 is 29.2. The number of aryl methyl sites for hydroxylation is 1. The molecule has 1 fully saturated rings. The molecule has 1 aliphatic heterocycles. The lowest BCUT2D eigenvalue weighted by Crippen LogP contribution is -2.42. The molecule has 2 heterocycles. The number of benzene rings is 2. The highest BCUT2D eigenvalue weighted by Crippen LogP contribution is 2.34. The van der Waals surface area contributed by atoms with Crippen molar-refractivity contribution >= 4 is 54.2 Å². The van der Waals surface area contributed by atoms with E-state index in [-0.39, 0.29) is 10.8 Å². The molecule has 4 rings (SSSR count). The van der Waals surface area contributed by atoms with Crippen LogP contribution < -0.4 is 4.90 Å². The summed E-state index contributed by atoms with van der Waals surface area (Å²) in [6, 6.07) is 10.1. The lowest BCUT2D eigenvalue weighted by atomic mass is 9.94. The van der Waals surface area contributed by atoms with Gasteiger partial charge in [-0.15, -0.1) is 0 Å². The molecule has 2 aromatic carbocycles. The Bertz CT molecular complexity index is 1380. The van der Waals surface area contributed by atoms with E-state index in [1.807, 2.05) is 19.1 Å². The zero-order valence-corrected chi connectivity index (χ0v) is 25.2. The number of fused-ring (bicyclic) bond motifs is 1. The minimum atomic E-state index is -3.62. The van der Waals surface area contributed by atoms with E-state index in [0.29, 0.717) is 53.7 Å². The summed E-state index contributed by atoms with van der Waals surface area (Å²) in [6.45, 7) is 14.3. The first-order valence-electron chi connectivity index (χ1n) is 13.2. The molecule has 38 heavy (non-hydrogen) atoms. The van der Waals surface area contributed by atoms with Gasteiger partial charge in [0.05, 0.1) is 15.1 Å². The number of thiazole rings is 1. The van der Waals surface area contributed by atoms with E-state index >= 15 is 0 Å². The highest BCUT2D eigenvalue weighted by Gasteiger charge is 2.32. The molecule has 7 nitrogen and oxygen atoms in total. The van der Waals surface area contributed by atoms with Gasteiger partial charge in [0.1, 0.15) is 0 Å². The molecule has 0 bridgehead atoms. The van der Waals surface area contributed by atoms with Gasteiger partial charge in [-0.2, -0.15) is 4.31 Å². The van der Waals surface area contributed by atoms with Crippen LogP contribution in [0.25, 0.3) is 10.2 Å². The number of halogens is 1. The minimum Gasteiger partial charge on any atom is -0.302 e. The number of sulfonamides is 1. The Balaban J connectivity index is 1.63. The Morgan fingerprint density at radius 2 is 1.71 bits per heavy atom. The summed E-state index contributed by atoms with van der Waals surface area (Å²) in [7, 11) is -3.62. The summed E-state index contributed by atoms with van der Waals surface area (Å²) in [4.78, 5) is 22.8. The van der Waals surface area contributed by atoms with E-state index in [9.17, 15) is 13.2 Å². The molecule has 0 aliphatic carbocycles. The van der Waals surface area contributed by atoms with Crippen molar-refractivity contribution in [3.8, 4) is 0 Å². The molecular formula is C28H37ClN4O3S2. The van der Waals surface area contributed by atoms with Crippen molar-refractivity contribution < 1.29 is 13.2 Å². The Morgan fingerprint density at radius 3 is 2.32 bits per heavy atom. The average Bonchev–Trinajstić information content (AvgIpc) is 3.30. The molecule has 1 aromatic heterocycles. The largest absolute Gasteiger partial charge is 0.302 e. The molecule has 0 saturated carbocycles. The second kappa shape index (κ2) is 12.0. The maximum Gasteiger partial charge on any atom is 0.260 e. The fourth-order valence-electron chi connectivity index (χ4n) is 5.20. The fraction of sp³-hybridized carbons (Fsp3) is 0.500. The number of piperidine rings is 1. The molecule has 0 radical (unpaired) electrons. The van der Waals surface area contributed by atoms with Crippen molar-refractivity contribution in [2.75, 3.05) is 44.2 Å². The maximum atomic E-state index is 13.8. The zero-order chi connectivity index (χ0) is 27.6. The van der Waals surface area contributed by atoms with Crippen LogP contribution in [0.5, 0.6) is 0 Å². The summed E-state index contributed by atoms with van der Waals surface area (Å²) >= 11 is 7.71. The molecule has 0 spiro atoms. The number of likely N-dealkylation sites (N-methyl/N-ethyl adjacent to an activating group) is 1. The number of rotatable bonds is 9. The van der Waals surface area contributed by atoms with Gasteiger partial charge in [-0.05, 0) is 80.2 Å². The molecule has 10 heteroatoms. The van der Waals surface area contributed by atoms with Crippen LogP contribution in [0.15, 0.2) is 41.3 Å². The van der Waals surface area contributed by atoms with Crippen LogP contribution in [0.1, 0.15) is 50.0 Å². The van der Waals surface area contributed by atoms with E-state index in [2.05, 4.69) is 32.6 Å². The summed E-state index contributed by atoms with van der Waals surface area (Å²) in [5.41, 5.74) is 2.22.